The Labute approximate surface area is 163 Å². The van der Waals surface area contributed by atoms with E-state index >= 15 is 0 Å². The van der Waals surface area contributed by atoms with Gasteiger partial charge in [0.2, 0.25) is 0 Å². The fourth-order valence-electron chi connectivity index (χ4n) is 3.61. The molecule has 2 unspecified atom stereocenters. The number of methoxy groups -OCH3 is 1. The minimum atomic E-state index is -0.253. The van der Waals surface area contributed by atoms with Gasteiger partial charge < -0.3 is 19.7 Å². The zero-order chi connectivity index (χ0) is 18.8. The van der Waals surface area contributed by atoms with Crippen LogP contribution in [0.1, 0.15) is 16.8 Å². The van der Waals surface area contributed by atoms with Crippen molar-refractivity contribution in [3.63, 3.8) is 0 Å². The minimum absolute atomic E-state index is 0.227. The molecule has 2 fully saturated rings. The van der Waals surface area contributed by atoms with Gasteiger partial charge in [0.15, 0.2) is 5.11 Å². The van der Waals surface area contributed by atoms with Crippen molar-refractivity contribution in [1.29, 1.82) is 0 Å². The van der Waals surface area contributed by atoms with Crippen LogP contribution in [0, 0.1) is 0 Å². The smallest absolute Gasteiger partial charge is 0.257 e. The highest BCUT2D eigenvalue weighted by atomic mass is 32.1. The molecule has 0 saturated carbocycles. The van der Waals surface area contributed by atoms with E-state index in [9.17, 15) is 4.79 Å². The number of carbonyl (C=O) groups excluding carboxylic acids is 1. The number of benzene rings is 2. The molecule has 27 heavy (non-hydrogen) atoms. The van der Waals surface area contributed by atoms with Crippen molar-refractivity contribution in [2.24, 2.45) is 0 Å². The summed E-state index contributed by atoms with van der Waals surface area (Å²) in [5, 5.41) is 6.02. The van der Waals surface area contributed by atoms with E-state index in [1.165, 1.54) is 0 Å². The Bertz CT molecular complexity index is 859. The zero-order valence-corrected chi connectivity index (χ0v) is 15.8. The summed E-state index contributed by atoms with van der Waals surface area (Å²) in [7, 11) is 1.61. The molecule has 2 saturated heterocycles. The molecule has 2 bridgehead atoms. The number of morpholine rings is 1. The van der Waals surface area contributed by atoms with Crippen LogP contribution in [0.2, 0.25) is 0 Å². The second-order valence-corrected chi connectivity index (χ2v) is 7.06. The lowest BCUT2D eigenvalue weighted by Gasteiger charge is -2.29. The Morgan fingerprint density at radius 3 is 2.74 bits per heavy atom. The molecule has 1 amide bonds. The molecular weight excluding hydrogens is 362 g/mol. The van der Waals surface area contributed by atoms with Gasteiger partial charge in [0.1, 0.15) is 5.75 Å². The lowest BCUT2D eigenvalue weighted by Crippen LogP contribution is -2.37. The number of nitrogens with zero attached hydrogens (tertiary/aromatic N) is 1. The first-order valence-electron chi connectivity index (χ1n) is 8.87. The summed E-state index contributed by atoms with van der Waals surface area (Å²) in [6.07, 6.45) is 1.39. The van der Waals surface area contributed by atoms with Crippen LogP contribution in [0.5, 0.6) is 5.75 Å². The van der Waals surface area contributed by atoms with Crippen LogP contribution in [-0.2, 0) is 4.74 Å². The number of nitrogens with one attached hydrogen (secondary N) is 2. The van der Waals surface area contributed by atoms with Gasteiger partial charge in [-0.2, -0.15) is 0 Å². The van der Waals surface area contributed by atoms with Crippen molar-refractivity contribution in [3.8, 4) is 5.75 Å². The van der Waals surface area contributed by atoms with Crippen molar-refractivity contribution in [2.45, 2.75) is 18.6 Å². The topological polar surface area (TPSA) is 62.8 Å². The normalized spacial score (nSPS) is 20.4. The monoisotopic (exact) mass is 383 g/mol. The van der Waals surface area contributed by atoms with Crippen LogP contribution in [0.25, 0.3) is 0 Å². The highest BCUT2D eigenvalue weighted by Crippen LogP contribution is 2.36. The van der Waals surface area contributed by atoms with Crippen LogP contribution >= 0.6 is 12.2 Å². The number of hydrogen-bond donors (Lipinski definition) is 2. The van der Waals surface area contributed by atoms with Gasteiger partial charge in [0.25, 0.3) is 5.91 Å². The summed E-state index contributed by atoms with van der Waals surface area (Å²) >= 11 is 5.32. The number of carbonyl (C=O) groups is 1. The lowest BCUT2D eigenvalue weighted by atomic mass is 10.2. The number of fused-ring (bicyclic) bond motifs is 2. The molecule has 2 N–H and O–H groups in total. The Morgan fingerprint density at radius 2 is 2.07 bits per heavy atom. The quantitative estimate of drug-likeness (QED) is 0.792. The number of ether oxygens (including phenoxy) is 2. The van der Waals surface area contributed by atoms with Gasteiger partial charge in [-0.3, -0.25) is 10.1 Å². The Morgan fingerprint density at radius 1 is 1.26 bits per heavy atom. The molecule has 2 atom stereocenters. The maximum atomic E-state index is 12.3. The average Bonchev–Trinajstić information content (AvgIpc) is 3.32. The van der Waals surface area contributed by atoms with Gasteiger partial charge in [0, 0.05) is 17.8 Å². The summed E-state index contributed by atoms with van der Waals surface area (Å²) in [6, 6.07) is 15.3. The predicted molar refractivity (Wildman–Crippen MR) is 109 cm³/mol. The highest BCUT2D eigenvalue weighted by molar-refractivity contribution is 7.80. The van der Waals surface area contributed by atoms with Gasteiger partial charge in [0.05, 0.1) is 31.5 Å². The van der Waals surface area contributed by atoms with E-state index in [1.807, 2.05) is 36.4 Å². The maximum Gasteiger partial charge on any atom is 0.257 e. The second kappa shape index (κ2) is 7.54. The SMILES string of the molecule is COc1ccc(N2CC3CC2CO3)cc1NC(=S)NC(=O)c1ccccc1. The Kier molecular flexibility index (Phi) is 4.96. The van der Waals surface area contributed by atoms with E-state index in [2.05, 4.69) is 15.5 Å². The largest absolute Gasteiger partial charge is 0.495 e. The van der Waals surface area contributed by atoms with E-state index < -0.39 is 0 Å². The van der Waals surface area contributed by atoms with Crippen molar-refractivity contribution in [2.75, 3.05) is 30.5 Å². The molecule has 2 aromatic carbocycles. The molecule has 0 aromatic heterocycles. The number of anilines is 2. The van der Waals surface area contributed by atoms with Crippen LogP contribution in [0.15, 0.2) is 48.5 Å². The van der Waals surface area contributed by atoms with E-state index in [0.717, 1.165) is 30.9 Å². The molecule has 2 heterocycles. The lowest BCUT2D eigenvalue weighted by molar-refractivity contribution is 0.0977. The van der Waals surface area contributed by atoms with Crippen molar-refractivity contribution in [3.05, 3.63) is 54.1 Å². The molecule has 2 aromatic rings. The summed E-state index contributed by atoms with van der Waals surface area (Å²) in [4.78, 5) is 14.6. The molecule has 7 heteroatoms. The summed E-state index contributed by atoms with van der Waals surface area (Å²) in [6.45, 7) is 1.66. The van der Waals surface area contributed by atoms with Gasteiger partial charge in [-0.05, 0) is 49.0 Å². The first-order chi connectivity index (χ1) is 13.1. The van der Waals surface area contributed by atoms with Crippen LogP contribution in [0.4, 0.5) is 11.4 Å². The Balaban J connectivity index is 1.48. The third-order valence-electron chi connectivity index (χ3n) is 4.93. The molecule has 6 nitrogen and oxygen atoms in total. The van der Waals surface area contributed by atoms with Crippen molar-refractivity contribution in [1.82, 2.24) is 5.32 Å². The van der Waals surface area contributed by atoms with E-state index in [-0.39, 0.29) is 11.0 Å². The second-order valence-electron chi connectivity index (χ2n) is 6.66. The van der Waals surface area contributed by atoms with Gasteiger partial charge in [-0.15, -0.1) is 0 Å². The number of rotatable bonds is 4. The van der Waals surface area contributed by atoms with Gasteiger partial charge in [-0.25, -0.2) is 0 Å². The summed E-state index contributed by atoms with van der Waals surface area (Å²) in [5.41, 5.74) is 2.36. The van der Waals surface area contributed by atoms with E-state index in [0.29, 0.717) is 23.5 Å². The zero-order valence-electron chi connectivity index (χ0n) is 15.0. The van der Waals surface area contributed by atoms with Crippen LogP contribution < -0.4 is 20.3 Å². The van der Waals surface area contributed by atoms with Crippen LogP contribution in [-0.4, -0.2) is 43.4 Å². The summed E-state index contributed by atoms with van der Waals surface area (Å²) in [5.74, 6) is 0.410. The van der Waals surface area contributed by atoms with Gasteiger partial charge in [-0.1, -0.05) is 18.2 Å². The molecule has 0 spiro atoms. The predicted octanol–water partition coefficient (Wildman–Crippen LogP) is 2.80. The van der Waals surface area contributed by atoms with E-state index in [1.54, 1.807) is 19.2 Å². The fraction of sp³-hybridized carbons (Fsp3) is 0.300. The first kappa shape index (κ1) is 17.8. The van der Waals surface area contributed by atoms with E-state index in [4.69, 9.17) is 21.7 Å². The summed E-state index contributed by atoms with van der Waals surface area (Å²) < 4.78 is 11.1. The standard InChI is InChI=1S/C20H21N3O3S/c1-25-18-8-7-14(23-11-16-9-15(23)12-26-16)10-17(18)21-20(27)22-19(24)13-5-3-2-4-6-13/h2-8,10,15-16H,9,11-12H2,1H3,(H2,21,22,24,27). The van der Waals surface area contributed by atoms with Gasteiger partial charge >= 0.3 is 0 Å². The first-order valence-corrected chi connectivity index (χ1v) is 9.28. The number of amides is 1. The number of hydrogen-bond acceptors (Lipinski definition) is 5. The Hall–Kier alpha value is -2.64. The average molecular weight is 383 g/mol. The minimum Gasteiger partial charge on any atom is -0.495 e. The molecule has 140 valence electrons. The third kappa shape index (κ3) is 3.74. The molecule has 2 aliphatic heterocycles. The van der Waals surface area contributed by atoms with Crippen molar-refractivity contribution >= 4 is 34.6 Å². The molecule has 0 radical (unpaired) electrons. The highest BCUT2D eigenvalue weighted by Gasteiger charge is 2.39. The van der Waals surface area contributed by atoms with Crippen molar-refractivity contribution < 1.29 is 14.3 Å². The molecule has 4 rings (SSSR count). The van der Waals surface area contributed by atoms with Crippen LogP contribution in [0.3, 0.4) is 0 Å². The molecular formula is C20H21N3O3S. The third-order valence-corrected chi connectivity index (χ3v) is 5.13. The number of thiocarbonyl (C=S) groups is 1. The molecule has 2 aliphatic rings. The maximum absolute atomic E-state index is 12.3. The molecule has 0 aliphatic carbocycles. The fourth-order valence-corrected chi connectivity index (χ4v) is 3.81.